The number of hydrogen-bond acceptors (Lipinski definition) is 5. The van der Waals surface area contributed by atoms with Gasteiger partial charge in [0.25, 0.3) is 0 Å². The SMILES string of the molecule is Clc1ccc(N2C[C@@H]3CN[C@@H]3C2)cn1.O=C(O)/C=C/C(=O)O. The van der Waals surface area contributed by atoms with Gasteiger partial charge in [0, 0.05) is 43.7 Å². The monoisotopic (exact) mass is 325 g/mol. The standard InChI is InChI=1S/C10H12ClN3.C4H4O4/c11-10-2-1-8(4-13-10)14-5-7-3-12-9(7)6-14;5-3(6)1-2-4(7)8/h1-2,4,7,9,12H,3,5-6H2;1-2H,(H,5,6)(H,7,8)/b;2-1+/t7-,9+;/m0./s1. The van der Waals surface area contributed by atoms with E-state index < -0.39 is 11.9 Å². The number of pyridine rings is 1. The lowest BCUT2D eigenvalue weighted by Gasteiger charge is -2.29. The van der Waals surface area contributed by atoms with Crippen molar-refractivity contribution in [3.05, 3.63) is 35.6 Å². The van der Waals surface area contributed by atoms with Gasteiger partial charge in [-0.05, 0) is 12.1 Å². The number of aromatic nitrogens is 1. The number of carboxylic acids is 2. The molecule has 3 N–H and O–H groups in total. The number of fused-ring (bicyclic) bond motifs is 1. The topological polar surface area (TPSA) is 103 Å². The molecule has 0 radical (unpaired) electrons. The van der Waals surface area contributed by atoms with E-state index in [-0.39, 0.29) is 0 Å². The van der Waals surface area contributed by atoms with Crippen LogP contribution in [0.5, 0.6) is 0 Å². The Kier molecular flexibility index (Phi) is 5.35. The number of carbonyl (C=O) groups is 2. The minimum Gasteiger partial charge on any atom is -0.478 e. The lowest BCUT2D eigenvalue weighted by Crippen LogP contribution is -2.51. The lowest BCUT2D eigenvalue weighted by molar-refractivity contribution is -0.134. The molecule has 2 saturated heterocycles. The molecular formula is C14H16ClN3O4. The summed E-state index contributed by atoms with van der Waals surface area (Å²) in [4.78, 5) is 25.6. The largest absolute Gasteiger partial charge is 0.478 e. The van der Waals surface area contributed by atoms with Gasteiger partial charge < -0.3 is 20.4 Å². The van der Waals surface area contributed by atoms with Crippen LogP contribution in [0.2, 0.25) is 5.15 Å². The van der Waals surface area contributed by atoms with Crippen LogP contribution in [0.1, 0.15) is 0 Å². The first-order valence-corrected chi connectivity index (χ1v) is 7.07. The maximum Gasteiger partial charge on any atom is 0.328 e. The van der Waals surface area contributed by atoms with Crippen molar-refractivity contribution < 1.29 is 19.8 Å². The van der Waals surface area contributed by atoms with Crippen molar-refractivity contribution in [2.45, 2.75) is 6.04 Å². The Balaban J connectivity index is 0.000000192. The maximum absolute atomic E-state index is 9.55. The molecule has 0 aliphatic carbocycles. The molecule has 22 heavy (non-hydrogen) atoms. The van der Waals surface area contributed by atoms with Crippen molar-refractivity contribution in [1.29, 1.82) is 0 Å². The van der Waals surface area contributed by atoms with Crippen molar-refractivity contribution in [2.75, 3.05) is 24.5 Å². The molecule has 0 amide bonds. The van der Waals surface area contributed by atoms with Gasteiger partial charge in [-0.15, -0.1) is 0 Å². The lowest BCUT2D eigenvalue weighted by atomic mass is 9.96. The molecule has 1 aromatic heterocycles. The van der Waals surface area contributed by atoms with Gasteiger partial charge in [-0.25, -0.2) is 14.6 Å². The number of hydrogen-bond donors (Lipinski definition) is 3. The average Bonchev–Trinajstić information content (AvgIpc) is 2.74. The molecule has 0 bridgehead atoms. The Morgan fingerprint density at radius 3 is 2.32 bits per heavy atom. The predicted molar refractivity (Wildman–Crippen MR) is 81.2 cm³/mol. The second-order valence-corrected chi connectivity index (χ2v) is 5.42. The highest BCUT2D eigenvalue weighted by atomic mass is 35.5. The minimum atomic E-state index is -1.26. The summed E-state index contributed by atoms with van der Waals surface area (Å²) < 4.78 is 0. The van der Waals surface area contributed by atoms with Gasteiger partial charge in [-0.2, -0.15) is 0 Å². The Morgan fingerprint density at radius 1 is 1.27 bits per heavy atom. The van der Waals surface area contributed by atoms with Gasteiger partial charge in [0.15, 0.2) is 0 Å². The van der Waals surface area contributed by atoms with Crippen molar-refractivity contribution in [3.8, 4) is 0 Å². The highest BCUT2D eigenvalue weighted by Crippen LogP contribution is 2.28. The van der Waals surface area contributed by atoms with Gasteiger partial charge in [0.05, 0.1) is 11.9 Å². The zero-order chi connectivity index (χ0) is 16.1. The van der Waals surface area contributed by atoms with Gasteiger partial charge in [-0.3, -0.25) is 0 Å². The van der Waals surface area contributed by atoms with Gasteiger partial charge in [0.1, 0.15) is 5.15 Å². The number of nitrogens with zero attached hydrogens (tertiary/aromatic N) is 2. The van der Waals surface area contributed by atoms with Gasteiger partial charge in [0.2, 0.25) is 0 Å². The second kappa shape index (κ2) is 7.24. The van der Waals surface area contributed by atoms with Crippen LogP contribution >= 0.6 is 11.6 Å². The quantitative estimate of drug-likeness (QED) is 0.559. The second-order valence-electron chi connectivity index (χ2n) is 5.03. The third-order valence-corrected chi connectivity index (χ3v) is 3.75. The summed E-state index contributed by atoms with van der Waals surface area (Å²) in [5.74, 6) is -1.68. The summed E-state index contributed by atoms with van der Waals surface area (Å²) in [5.41, 5.74) is 1.19. The van der Waals surface area contributed by atoms with E-state index in [0.29, 0.717) is 23.3 Å². The highest BCUT2D eigenvalue weighted by molar-refractivity contribution is 6.29. The Labute approximate surface area is 132 Å². The molecule has 3 heterocycles. The van der Waals surface area contributed by atoms with Crippen molar-refractivity contribution in [2.24, 2.45) is 5.92 Å². The third-order valence-electron chi connectivity index (χ3n) is 3.53. The van der Waals surface area contributed by atoms with E-state index in [0.717, 1.165) is 19.0 Å². The van der Waals surface area contributed by atoms with Crippen molar-refractivity contribution in [1.82, 2.24) is 10.3 Å². The molecule has 0 saturated carbocycles. The first-order chi connectivity index (χ1) is 10.5. The van der Waals surface area contributed by atoms with Crippen molar-refractivity contribution >= 4 is 29.2 Å². The third kappa shape index (κ3) is 4.44. The Bertz CT molecular complexity index is 548. The number of aliphatic carboxylic acids is 2. The van der Waals surface area contributed by atoms with Crippen LogP contribution in [0.3, 0.4) is 0 Å². The van der Waals surface area contributed by atoms with Gasteiger partial charge >= 0.3 is 11.9 Å². The zero-order valence-electron chi connectivity index (χ0n) is 11.6. The van der Waals surface area contributed by atoms with Crippen LogP contribution < -0.4 is 10.2 Å². The summed E-state index contributed by atoms with van der Waals surface area (Å²) in [6, 6.07) is 4.59. The Hall–Kier alpha value is -2.12. The molecule has 118 valence electrons. The van der Waals surface area contributed by atoms with Crippen LogP contribution in [0.25, 0.3) is 0 Å². The molecule has 8 heteroatoms. The van der Waals surface area contributed by atoms with Crippen LogP contribution in [0, 0.1) is 5.92 Å². The number of carboxylic acid groups (broad SMARTS) is 2. The van der Waals surface area contributed by atoms with E-state index in [4.69, 9.17) is 21.8 Å². The molecule has 7 nitrogen and oxygen atoms in total. The van der Waals surface area contributed by atoms with E-state index in [1.165, 1.54) is 12.2 Å². The molecule has 2 fully saturated rings. The zero-order valence-corrected chi connectivity index (χ0v) is 12.4. The molecule has 2 aliphatic heterocycles. The summed E-state index contributed by atoms with van der Waals surface area (Å²) >= 11 is 5.75. The fourth-order valence-corrected chi connectivity index (χ4v) is 2.47. The number of nitrogens with one attached hydrogen (secondary N) is 1. The molecule has 1 aromatic rings. The highest BCUT2D eigenvalue weighted by Gasteiger charge is 2.38. The van der Waals surface area contributed by atoms with E-state index >= 15 is 0 Å². The van der Waals surface area contributed by atoms with Crippen molar-refractivity contribution in [3.63, 3.8) is 0 Å². The van der Waals surface area contributed by atoms with Crippen LogP contribution in [-0.2, 0) is 9.59 Å². The first-order valence-electron chi connectivity index (χ1n) is 6.69. The fraction of sp³-hybridized carbons (Fsp3) is 0.357. The molecule has 3 rings (SSSR count). The van der Waals surface area contributed by atoms with E-state index in [2.05, 4.69) is 15.2 Å². The van der Waals surface area contributed by atoms with Crippen LogP contribution in [0.4, 0.5) is 5.69 Å². The van der Waals surface area contributed by atoms with Crippen LogP contribution in [-0.4, -0.2) is 52.8 Å². The number of halogens is 1. The number of anilines is 1. The summed E-state index contributed by atoms with van der Waals surface area (Å²) in [6.45, 7) is 3.43. The minimum absolute atomic E-state index is 0.558. The predicted octanol–water partition coefficient (Wildman–Crippen LogP) is 0.855. The Morgan fingerprint density at radius 2 is 1.95 bits per heavy atom. The molecule has 2 aliphatic rings. The average molecular weight is 326 g/mol. The van der Waals surface area contributed by atoms with E-state index in [9.17, 15) is 9.59 Å². The molecule has 0 aromatic carbocycles. The normalized spacial score (nSPS) is 22.5. The summed E-state index contributed by atoms with van der Waals surface area (Å²) in [6.07, 6.45) is 2.97. The number of rotatable bonds is 3. The molecule has 0 spiro atoms. The smallest absolute Gasteiger partial charge is 0.328 e. The summed E-state index contributed by atoms with van der Waals surface area (Å²) in [7, 11) is 0. The van der Waals surface area contributed by atoms with Crippen LogP contribution in [0.15, 0.2) is 30.5 Å². The van der Waals surface area contributed by atoms with E-state index in [1.54, 1.807) is 0 Å². The first kappa shape index (κ1) is 16.3. The summed E-state index contributed by atoms with van der Waals surface area (Å²) in [5, 5.41) is 19.6. The molecule has 2 atom stereocenters. The maximum atomic E-state index is 9.55. The fourth-order valence-electron chi connectivity index (χ4n) is 2.36. The molecular weight excluding hydrogens is 310 g/mol. The van der Waals surface area contributed by atoms with E-state index in [1.807, 2.05) is 18.3 Å². The molecule has 0 unspecified atom stereocenters. The van der Waals surface area contributed by atoms with Gasteiger partial charge in [-0.1, -0.05) is 11.6 Å².